The van der Waals surface area contributed by atoms with Gasteiger partial charge in [-0.3, -0.25) is 4.99 Å². The van der Waals surface area contributed by atoms with Crippen LogP contribution in [0.5, 0.6) is 5.75 Å². The summed E-state index contributed by atoms with van der Waals surface area (Å²) in [6.07, 6.45) is 1.10. The third kappa shape index (κ3) is 9.89. The molecule has 8 heteroatoms. The Bertz CT molecular complexity index is 716. The van der Waals surface area contributed by atoms with Crippen molar-refractivity contribution in [3.63, 3.8) is 0 Å². The van der Waals surface area contributed by atoms with Crippen molar-refractivity contribution < 1.29 is 18.6 Å². The maximum absolute atomic E-state index is 12.2. The molecule has 1 unspecified atom stereocenters. The monoisotopic (exact) mass is 519 g/mol. The van der Waals surface area contributed by atoms with Crippen LogP contribution in [0.2, 0.25) is 0 Å². The number of guanidine groups is 1. The number of aliphatic hydroxyl groups is 1. The maximum Gasteiger partial charge on any atom is 0.387 e. The van der Waals surface area contributed by atoms with E-state index in [0.29, 0.717) is 18.1 Å². The molecule has 2 aromatic carbocycles. The third-order valence-electron chi connectivity index (χ3n) is 4.03. The predicted molar refractivity (Wildman–Crippen MR) is 122 cm³/mol. The van der Waals surface area contributed by atoms with Crippen molar-refractivity contribution in [1.82, 2.24) is 10.6 Å². The minimum atomic E-state index is -2.86. The number of alkyl halides is 2. The number of hydrogen-bond acceptors (Lipinski definition) is 3. The van der Waals surface area contributed by atoms with Gasteiger partial charge in [0.05, 0.1) is 12.6 Å². The molecule has 0 amide bonds. The molecule has 0 radical (unpaired) electrons. The Morgan fingerprint density at radius 2 is 1.76 bits per heavy atom. The first kappa shape index (κ1) is 25.1. The number of halogens is 3. The highest BCUT2D eigenvalue weighted by Crippen LogP contribution is 2.19. The van der Waals surface area contributed by atoms with Gasteiger partial charge in [-0.25, -0.2) is 0 Å². The van der Waals surface area contributed by atoms with Crippen molar-refractivity contribution in [2.75, 3.05) is 19.6 Å². The van der Waals surface area contributed by atoms with Crippen molar-refractivity contribution in [2.45, 2.75) is 32.5 Å². The normalized spacial score (nSPS) is 12.2. The van der Waals surface area contributed by atoms with Gasteiger partial charge in [-0.2, -0.15) is 8.78 Å². The molecule has 0 aliphatic carbocycles. The maximum atomic E-state index is 12.2. The molecule has 0 fully saturated rings. The number of benzene rings is 2. The lowest BCUT2D eigenvalue weighted by Gasteiger charge is -2.14. The second kappa shape index (κ2) is 14.1. The van der Waals surface area contributed by atoms with E-state index < -0.39 is 12.7 Å². The lowest BCUT2D eigenvalue weighted by molar-refractivity contribution is -0.0498. The Morgan fingerprint density at radius 1 is 1.07 bits per heavy atom. The fraction of sp³-hybridized carbons (Fsp3) is 0.381. The fourth-order valence-electron chi connectivity index (χ4n) is 2.64. The van der Waals surface area contributed by atoms with E-state index in [0.717, 1.165) is 19.4 Å². The summed E-state index contributed by atoms with van der Waals surface area (Å²) in [4.78, 5) is 4.40. The number of ether oxygens (including phenoxy) is 1. The molecular formula is C21H28F2IN3O2. The largest absolute Gasteiger partial charge is 0.435 e. The Balaban J connectivity index is 0.00000420. The molecule has 0 aliphatic rings. The molecule has 0 saturated heterocycles. The number of aliphatic imine (C=N–C) groups is 1. The SMILES string of the molecule is CCNC(=NCC(O)c1ccc(OC(F)F)cc1)NCCCc1ccccc1.I. The molecule has 1 atom stereocenters. The molecule has 3 N–H and O–H groups in total. The molecule has 0 spiro atoms. The van der Waals surface area contributed by atoms with Crippen LogP contribution in [0.25, 0.3) is 0 Å². The Labute approximate surface area is 187 Å². The summed E-state index contributed by atoms with van der Waals surface area (Å²) < 4.78 is 28.7. The van der Waals surface area contributed by atoms with E-state index in [2.05, 4.69) is 32.5 Å². The van der Waals surface area contributed by atoms with Crippen molar-refractivity contribution >= 4 is 29.9 Å². The molecule has 160 valence electrons. The highest BCUT2D eigenvalue weighted by molar-refractivity contribution is 14.0. The average Bonchev–Trinajstić information content (AvgIpc) is 2.70. The predicted octanol–water partition coefficient (Wildman–Crippen LogP) is 4.13. The molecule has 5 nitrogen and oxygen atoms in total. The van der Waals surface area contributed by atoms with E-state index in [4.69, 9.17) is 0 Å². The van der Waals surface area contributed by atoms with E-state index in [1.54, 1.807) is 12.1 Å². The Kier molecular flexibility index (Phi) is 12.2. The number of aliphatic hydroxyl groups excluding tert-OH is 1. The summed E-state index contributed by atoms with van der Waals surface area (Å²) >= 11 is 0. The van der Waals surface area contributed by atoms with Gasteiger partial charge in [-0.15, -0.1) is 24.0 Å². The van der Waals surface area contributed by atoms with Gasteiger partial charge in [-0.1, -0.05) is 42.5 Å². The first-order chi connectivity index (χ1) is 13.6. The highest BCUT2D eigenvalue weighted by Gasteiger charge is 2.09. The van der Waals surface area contributed by atoms with Gasteiger partial charge >= 0.3 is 6.61 Å². The summed E-state index contributed by atoms with van der Waals surface area (Å²) in [5.74, 6) is 0.690. The molecule has 0 aromatic heterocycles. The molecular weight excluding hydrogens is 491 g/mol. The molecule has 0 aliphatic heterocycles. The molecule has 29 heavy (non-hydrogen) atoms. The molecule has 2 rings (SSSR count). The molecule has 2 aromatic rings. The van der Waals surface area contributed by atoms with Crippen LogP contribution in [0.4, 0.5) is 8.78 Å². The van der Waals surface area contributed by atoms with Crippen LogP contribution < -0.4 is 15.4 Å². The van der Waals surface area contributed by atoms with E-state index in [1.807, 2.05) is 25.1 Å². The zero-order chi connectivity index (χ0) is 20.2. The lowest BCUT2D eigenvalue weighted by atomic mass is 10.1. The van der Waals surface area contributed by atoms with E-state index in [1.165, 1.54) is 17.7 Å². The molecule has 0 heterocycles. The van der Waals surface area contributed by atoms with Gasteiger partial charge in [0.25, 0.3) is 0 Å². The zero-order valence-electron chi connectivity index (χ0n) is 16.4. The number of rotatable bonds is 10. The number of nitrogens with one attached hydrogen (secondary N) is 2. The third-order valence-corrected chi connectivity index (χ3v) is 4.03. The Morgan fingerprint density at radius 3 is 2.38 bits per heavy atom. The standard InChI is InChI=1S/C21H27F2N3O2.HI/c1-2-24-21(25-14-6-9-16-7-4-3-5-8-16)26-15-19(27)17-10-12-18(13-11-17)28-20(22)23;/h3-5,7-8,10-13,19-20,27H,2,6,9,14-15H2,1H3,(H2,24,25,26);1H. The smallest absolute Gasteiger partial charge is 0.387 e. The quantitative estimate of drug-likeness (QED) is 0.191. The summed E-state index contributed by atoms with van der Waals surface area (Å²) in [6, 6.07) is 16.2. The van der Waals surface area contributed by atoms with Gasteiger partial charge in [0.15, 0.2) is 5.96 Å². The molecule has 0 bridgehead atoms. The fourth-order valence-corrected chi connectivity index (χ4v) is 2.64. The first-order valence-electron chi connectivity index (χ1n) is 9.37. The van der Waals surface area contributed by atoms with E-state index in [9.17, 15) is 13.9 Å². The second-order valence-electron chi connectivity index (χ2n) is 6.20. The number of aryl methyl sites for hydroxylation is 1. The van der Waals surface area contributed by atoms with Gasteiger partial charge in [0, 0.05) is 13.1 Å². The number of hydrogen-bond donors (Lipinski definition) is 3. The first-order valence-corrected chi connectivity index (χ1v) is 9.37. The zero-order valence-corrected chi connectivity index (χ0v) is 18.7. The van der Waals surface area contributed by atoms with Crippen LogP contribution in [0, 0.1) is 0 Å². The summed E-state index contributed by atoms with van der Waals surface area (Å²) in [7, 11) is 0. The Hall–Kier alpha value is -1.94. The van der Waals surface area contributed by atoms with Crippen molar-refractivity contribution in [2.24, 2.45) is 4.99 Å². The van der Waals surface area contributed by atoms with Crippen molar-refractivity contribution in [1.29, 1.82) is 0 Å². The van der Waals surface area contributed by atoms with Crippen molar-refractivity contribution in [3.8, 4) is 5.75 Å². The van der Waals surface area contributed by atoms with E-state index >= 15 is 0 Å². The van der Waals surface area contributed by atoms with Gasteiger partial charge in [0.1, 0.15) is 5.75 Å². The number of nitrogens with zero attached hydrogens (tertiary/aromatic N) is 1. The minimum Gasteiger partial charge on any atom is -0.435 e. The van der Waals surface area contributed by atoms with Gasteiger partial charge in [0.2, 0.25) is 0 Å². The average molecular weight is 519 g/mol. The van der Waals surface area contributed by atoms with Gasteiger partial charge < -0.3 is 20.5 Å². The lowest BCUT2D eigenvalue weighted by Crippen LogP contribution is -2.38. The van der Waals surface area contributed by atoms with Crippen LogP contribution in [-0.2, 0) is 6.42 Å². The molecule has 0 saturated carbocycles. The van der Waals surface area contributed by atoms with Crippen LogP contribution in [0.15, 0.2) is 59.6 Å². The second-order valence-corrected chi connectivity index (χ2v) is 6.20. The van der Waals surface area contributed by atoms with Crippen LogP contribution in [0.3, 0.4) is 0 Å². The topological polar surface area (TPSA) is 65.9 Å². The summed E-state index contributed by atoms with van der Waals surface area (Å²) in [6.45, 7) is 0.732. The van der Waals surface area contributed by atoms with Crippen LogP contribution in [0.1, 0.15) is 30.6 Å². The van der Waals surface area contributed by atoms with Crippen LogP contribution >= 0.6 is 24.0 Å². The van der Waals surface area contributed by atoms with E-state index in [-0.39, 0.29) is 36.3 Å². The summed E-state index contributed by atoms with van der Waals surface area (Å²) in [5, 5.41) is 16.7. The highest BCUT2D eigenvalue weighted by atomic mass is 127. The van der Waals surface area contributed by atoms with Gasteiger partial charge in [-0.05, 0) is 43.0 Å². The minimum absolute atomic E-state index is 0. The van der Waals surface area contributed by atoms with Crippen molar-refractivity contribution in [3.05, 3.63) is 65.7 Å². The van der Waals surface area contributed by atoms with Crippen LogP contribution in [-0.4, -0.2) is 37.3 Å². The summed E-state index contributed by atoms with van der Waals surface area (Å²) in [5.41, 5.74) is 1.88.